The van der Waals surface area contributed by atoms with Gasteiger partial charge in [-0.25, -0.2) is 4.39 Å². The summed E-state index contributed by atoms with van der Waals surface area (Å²) in [4.78, 5) is 0. The third kappa shape index (κ3) is 2.47. The SMILES string of the molecule is Cl.N[C@H]1CCOc2c1ccc(C(F)(F)F)c2F. The maximum absolute atomic E-state index is 13.5. The molecule has 2 rings (SSSR count). The summed E-state index contributed by atoms with van der Waals surface area (Å²) in [5, 5.41) is 0. The Morgan fingerprint density at radius 2 is 1.94 bits per heavy atom. The molecule has 0 aromatic heterocycles. The summed E-state index contributed by atoms with van der Waals surface area (Å²) in [6.07, 6.45) is -4.25. The van der Waals surface area contributed by atoms with Crippen LogP contribution in [-0.2, 0) is 6.18 Å². The highest BCUT2D eigenvalue weighted by molar-refractivity contribution is 5.85. The largest absolute Gasteiger partial charge is 0.490 e. The van der Waals surface area contributed by atoms with Crippen LogP contribution in [-0.4, -0.2) is 6.61 Å². The summed E-state index contributed by atoms with van der Waals surface area (Å²) in [5.41, 5.74) is 4.62. The van der Waals surface area contributed by atoms with Crippen LogP contribution in [0.4, 0.5) is 17.6 Å². The topological polar surface area (TPSA) is 35.2 Å². The minimum absolute atomic E-state index is 0. The Labute approximate surface area is 101 Å². The van der Waals surface area contributed by atoms with Gasteiger partial charge in [0.25, 0.3) is 0 Å². The Hall–Kier alpha value is -1.01. The first-order chi connectivity index (χ1) is 7.41. The van der Waals surface area contributed by atoms with Crippen LogP contribution in [0.5, 0.6) is 5.75 Å². The van der Waals surface area contributed by atoms with Gasteiger partial charge in [0.2, 0.25) is 0 Å². The van der Waals surface area contributed by atoms with Gasteiger partial charge in [-0.2, -0.15) is 13.2 Å². The number of hydrogen-bond donors (Lipinski definition) is 1. The Balaban J connectivity index is 0.00000144. The highest BCUT2D eigenvalue weighted by atomic mass is 35.5. The van der Waals surface area contributed by atoms with E-state index in [1.165, 1.54) is 6.07 Å². The molecule has 17 heavy (non-hydrogen) atoms. The van der Waals surface area contributed by atoms with E-state index in [1.54, 1.807) is 0 Å². The second-order valence-corrected chi connectivity index (χ2v) is 3.59. The molecule has 1 heterocycles. The highest BCUT2D eigenvalue weighted by Gasteiger charge is 2.37. The van der Waals surface area contributed by atoms with E-state index >= 15 is 0 Å². The van der Waals surface area contributed by atoms with Gasteiger partial charge in [-0.15, -0.1) is 12.4 Å². The summed E-state index contributed by atoms with van der Waals surface area (Å²) in [6, 6.07) is 1.40. The van der Waals surface area contributed by atoms with E-state index in [0.717, 1.165) is 0 Å². The van der Waals surface area contributed by atoms with Gasteiger partial charge in [-0.1, -0.05) is 6.07 Å². The Bertz CT molecular complexity index is 422. The molecular weight excluding hydrogens is 262 g/mol. The molecule has 0 aliphatic carbocycles. The van der Waals surface area contributed by atoms with Crippen molar-refractivity contribution < 1.29 is 22.3 Å². The lowest BCUT2D eigenvalue weighted by molar-refractivity contribution is -0.140. The molecule has 1 atom stereocenters. The van der Waals surface area contributed by atoms with Crippen LogP contribution in [0.2, 0.25) is 0 Å². The van der Waals surface area contributed by atoms with E-state index < -0.39 is 23.6 Å². The maximum atomic E-state index is 13.5. The van der Waals surface area contributed by atoms with E-state index in [0.29, 0.717) is 12.5 Å². The van der Waals surface area contributed by atoms with Crippen LogP contribution in [0.3, 0.4) is 0 Å². The van der Waals surface area contributed by atoms with Gasteiger partial charge in [0.05, 0.1) is 12.2 Å². The molecule has 0 fully saturated rings. The maximum Gasteiger partial charge on any atom is 0.419 e. The molecule has 96 valence electrons. The molecule has 2 N–H and O–H groups in total. The first-order valence-electron chi connectivity index (χ1n) is 4.69. The molecule has 1 aliphatic heterocycles. The number of nitrogens with two attached hydrogens (primary N) is 1. The van der Waals surface area contributed by atoms with Gasteiger partial charge in [-0.3, -0.25) is 0 Å². The summed E-state index contributed by atoms with van der Waals surface area (Å²) >= 11 is 0. The molecule has 0 radical (unpaired) electrons. The monoisotopic (exact) mass is 271 g/mol. The number of hydrogen-bond acceptors (Lipinski definition) is 2. The van der Waals surface area contributed by atoms with Crippen molar-refractivity contribution in [3.05, 3.63) is 29.1 Å². The van der Waals surface area contributed by atoms with E-state index in [-0.39, 0.29) is 30.3 Å². The van der Waals surface area contributed by atoms with E-state index in [2.05, 4.69) is 0 Å². The predicted molar refractivity (Wildman–Crippen MR) is 55.7 cm³/mol. The number of halogens is 5. The molecule has 0 saturated heterocycles. The first-order valence-corrected chi connectivity index (χ1v) is 4.69. The fourth-order valence-electron chi connectivity index (χ4n) is 1.67. The third-order valence-electron chi connectivity index (χ3n) is 2.51. The zero-order valence-electron chi connectivity index (χ0n) is 8.55. The van der Waals surface area contributed by atoms with E-state index in [1.807, 2.05) is 0 Å². The van der Waals surface area contributed by atoms with Gasteiger partial charge in [-0.05, 0) is 6.07 Å². The Kier molecular flexibility index (Phi) is 3.88. The van der Waals surface area contributed by atoms with Crippen molar-refractivity contribution in [2.75, 3.05) is 6.61 Å². The number of ether oxygens (including phenoxy) is 1. The van der Waals surface area contributed by atoms with Crippen molar-refractivity contribution in [1.29, 1.82) is 0 Å². The number of alkyl halides is 3. The molecule has 0 bridgehead atoms. The quantitative estimate of drug-likeness (QED) is 0.736. The highest BCUT2D eigenvalue weighted by Crippen LogP contribution is 2.40. The number of rotatable bonds is 0. The molecule has 0 saturated carbocycles. The van der Waals surface area contributed by atoms with Crippen molar-refractivity contribution in [1.82, 2.24) is 0 Å². The van der Waals surface area contributed by atoms with Crippen LogP contribution >= 0.6 is 12.4 Å². The Morgan fingerprint density at radius 3 is 2.53 bits per heavy atom. The molecule has 0 amide bonds. The minimum Gasteiger partial charge on any atom is -0.490 e. The molecule has 1 aliphatic rings. The molecule has 0 spiro atoms. The van der Waals surface area contributed by atoms with Gasteiger partial charge in [0, 0.05) is 18.0 Å². The number of fused-ring (bicyclic) bond motifs is 1. The van der Waals surface area contributed by atoms with Crippen LogP contribution in [0.15, 0.2) is 12.1 Å². The van der Waals surface area contributed by atoms with Gasteiger partial charge < -0.3 is 10.5 Å². The first kappa shape index (κ1) is 14.1. The van der Waals surface area contributed by atoms with Gasteiger partial charge in [0.15, 0.2) is 11.6 Å². The lowest BCUT2D eigenvalue weighted by Gasteiger charge is -2.24. The molecule has 7 heteroatoms. The van der Waals surface area contributed by atoms with Crippen LogP contribution < -0.4 is 10.5 Å². The summed E-state index contributed by atoms with van der Waals surface area (Å²) in [5.74, 6) is -1.74. The van der Waals surface area contributed by atoms with Crippen LogP contribution in [0, 0.1) is 5.82 Å². The lowest BCUT2D eigenvalue weighted by Crippen LogP contribution is -2.22. The van der Waals surface area contributed by atoms with Crippen molar-refractivity contribution in [2.24, 2.45) is 5.73 Å². The lowest BCUT2D eigenvalue weighted by atomic mass is 9.99. The standard InChI is InChI=1S/C10H9F4NO.ClH/c11-8-6(10(12,13)14)2-1-5-7(15)3-4-16-9(5)8;/h1-2,7H,3-4,15H2;1H/t7-;/m0./s1. The smallest absolute Gasteiger partial charge is 0.419 e. The normalized spacial score (nSPS) is 19.0. The molecule has 2 nitrogen and oxygen atoms in total. The number of benzene rings is 1. The molecular formula is C10H10ClF4NO. The summed E-state index contributed by atoms with van der Waals surface area (Å²) in [6.45, 7) is 0.131. The van der Waals surface area contributed by atoms with Crippen molar-refractivity contribution in [3.63, 3.8) is 0 Å². The summed E-state index contributed by atoms with van der Waals surface area (Å²) in [7, 11) is 0. The molecule has 0 unspecified atom stereocenters. The van der Waals surface area contributed by atoms with Crippen LogP contribution in [0.1, 0.15) is 23.6 Å². The Morgan fingerprint density at radius 1 is 1.29 bits per heavy atom. The van der Waals surface area contributed by atoms with E-state index in [9.17, 15) is 17.6 Å². The average molecular weight is 272 g/mol. The fourth-order valence-corrected chi connectivity index (χ4v) is 1.67. The fraction of sp³-hybridized carbons (Fsp3) is 0.400. The van der Waals surface area contributed by atoms with Gasteiger partial charge >= 0.3 is 6.18 Å². The van der Waals surface area contributed by atoms with Crippen molar-refractivity contribution in [2.45, 2.75) is 18.6 Å². The second-order valence-electron chi connectivity index (χ2n) is 3.59. The molecule has 1 aromatic rings. The summed E-state index contributed by atoms with van der Waals surface area (Å²) < 4.78 is 55.6. The second kappa shape index (κ2) is 4.70. The zero-order valence-corrected chi connectivity index (χ0v) is 9.37. The average Bonchev–Trinajstić information content (AvgIpc) is 2.18. The van der Waals surface area contributed by atoms with E-state index in [4.69, 9.17) is 10.5 Å². The third-order valence-corrected chi connectivity index (χ3v) is 2.51. The van der Waals surface area contributed by atoms with Crippen molar-refractivity contribution >= 4 is 12.4 Å². The molecule has 1 aromatic carbocycles. The van der Waals surface area contributed by atoms with Gasteiger partial charge in [0.1, 0.15) is 0 Å². The zero-order chi connectivity index (χ0) is 11.9. The predicted octanol–water partition coefficient (Wildman–Crippen LogP) is 3.05. The van der Waals surface area contributed by atoms with Crippen molar-refractivity contribution in [3.8, 4) is 5.75 Å². The van der Waals surface area contributed by atoms with Crippen LogP contribution in [0.25, 0.3) is 0 Å². The minimum atomic E-state index is -4.72.